The highest BCUT2D eigenvalue weighted by molar-refractivity contribution is 5.94. The van der Waals surface area contributed by atoms with Crippen LogP contribution in [0.15, 0.2) is 60.8 Å². The van der Waals surface area contributed by atoms with Gasteiger partial charge >= 0.3 is 0 Å². The van der Waals surface area contributed by atoms with Gasteiger partial charge in [-0.05, 0) is 42.0 Å². The molecule has 0 spiro atoms. The lowest BCUT2D eigenvalue weighted by Crippen LogP contribution is -2.26. The summed E-state index contributed by atoms with van der Waals surface area (Å²) in [4.78, 5) is 20.8. The number of rotatable bonds is 4. The van der Waals surface area contributed by atoms with Crippen molar-refractivity contribution in [2.75, 3.05) is 26.0 Å². The molecular formula is C20H21N3O. The van der Waals surface area contributed by atoms with Gasteiger partial charge in [0.25, 0.3) is 5.91 Å². The maximum absolute atomic E-state index is 12.6. The van der Waals surface area contributed by atoms with Crippen molar-refractivity contribution in [3.05, 3.63) is 71.9 Å². The third kappa shape index (κ3) is 3.38. The fraction of sp³-hybridized carbons (Fsp3) is 0.200. The first kappa shape index (κ1) is 16.0. The van der Waals surface area contributed by atoms with E-state index in [1.807, 2.05) is 80.8 Å². The number of carbonyl (C=O) groups is 1. The smallest absolute Gasteiger partial charge is 0.253 e. The molecule has 0 unspecified atom stereocenters. The van der Waals surface area contributed by atoms with Gasteiger partial charge in [0.2, 0.25) is 0 Å². The number of para-hydroxylation sites is 1. The Labute approximate surface area is 142 Å². The number of nitrogens with zero attached hydrogens (tertiary/aromatic N) is 3. The van der Waals surface area contributed by atoms with Crippen molar-refractivity contribution in [1.82, 2.24) is 9.88 Å². The molecule has 0 saturated carbocycles. The Kier molecular flexibility index (Phi) is 4.47. The van der Waals surface area contributed by atoms with E-state index in [9.17, 15) is 4.79 Å². The first-order valence-electron chi connectivity index (χ1n) is 7.91. The SMILES string of the molecule is CN(Cc1cnc2ccccc2c1)C(=O)c1ccc(N(C)C)cc1. The minimum absolute atomic E-state index is 0.00784. The van der Waals surface area contributed by atoms with Gasteiger partial charge in [-0.3, -0.25) is 9.78 Å². The monoisotopic (exact) mass is 319 g/mol. The Morgan fingerprint density at radius 2 is 1.71 bits per heavy atom. The van der Waals surface area contributed by atoms with Crippen LogP contribution in [0.25, 0.3) is 10.9 Å². The fourth-order valence-electron chi connectivity index (χ4n) is 2.67. The summed E-state index contributed by atoms with van der Waals surface area (Å²) >= 11 is 0. The summed E-state index contributed by atoms with van der Waals surface area (Å²) in [6.45, 7) is 0.534. The Hall–Kier alpha value is -2.88. The Bertz CT molecular complexity index is 856. The summed E-state index contributed by atoms with van der Waals surface area (Å²) in [5.41, 5.74) is 3.76. The minimum atomic E-state index is 0.00784. The van der Waals surface area contributed by atoms with Crippen LogP contribution in [0, 0.1) is 0 Å². The van der Waals surface area contributed by atoms with E-state index in [1.165, 1.54) is 0 Å². The van der Waals surface area contributed by atoms with Crippen LogP contribution >= 0.6 is 0 Å². The van der Waals surface area contributed by atoms with Crippen LogP contribution in [0.3, 0.4) is 0 Å². The average Bonchev–Trinajstić information content (AvgIpc) is 2.61. The van der Waals surface area contributed by atoms with Crippen molar-refractivity contribution in [3.8, 4) is 0 Å². The number of aromatic nitrogens is 1. The zero-order chi connectivity index (χ0) is 17.1. The van der Waals surface area contributed by atoms with E-state index in [0.717, 1.165) is 22.2 Å². The molecular weight excluding hydrogens is 298 g/mol. The molecule has 1 heterocycles. The maximum Gasteiger partial charge on any atom is 0.253 e. The van der Waals surface area contributed by atoms with Crippen molar-refractivity contribution in [1.29, 1.82) is 0 Å². The van der Waals surface area contributed by atoms with Gasteiger partial charge < -0.3 is 9.80 Å². The van der Waals surface area contributed by atoms with Gasteiger partial charge in [-0.25, -0.2) is 0 Å². The topological polar surface area (TPSA) is 36.4 Å². The third-order valence-corrected chi connectivity index (χ3v) is 4.04. The average molecular weight is 319 g/mol. The second-order valence-corrected chi connectivity index (χ2v) is 6.14. The van der Waals surface area contributed by atoms with Crippen molar-refractivity contribution in [3.63, 3.8) is 0 Å². The molecule has 0 fully saturated rings. The Morgan fingerprint density at radius 3 is 2.42 bits per heavy atom. The third-order valence-electron chi connectivity index (χ3n) is 4.04. The van der Waals surface area contributed by atoms with E-state index in [1.54, 1.807) is 4.90 Å². The number of fused-ring (bicyclic) bond motifs is 1. The largest absolute Gasteiger partial charge is 0.378 e. The molecule has 3 aromatic rings. The van der Waals surface area contributed by atoms with Crippen molar-refractivity contribution < 1.29 is 4.79 Å². The van der Waals surface area contributed by atoms with E-state index in [0.29, 0.717) is 12.1 Å². The van der Waals surface area contributed by atoms with E-state index >= 15 is 0 Å². The number of pyridine rings is 1. The first-order chi connectivity index (χ1) is 11.5. The van der Waals surface area contributed by atoms with Crippen molar-refractivity contribution >= 4 is 22.5 Å². The van der Waals surface area contributed by atoms with Gasteiger partial charge in [0.1, 0.15) is 0 Å². The van der Waals surface area contributed by atoms with Gasteiger partial charge in [0.15, 0.2) is 0 Å². The standard InChI is InChI=1S/C20H21N3O/c1-22(2)18-10-8-16(9-11-18)20(24)23(3)14-15-12-17-6-4-5-7-19(17)21-13-15/h4-13H,14H2,1-3H3. The summed E-state index contributed by atoms with van der Waals surface area (Å²) in [6, 6.07) is 17.7. The Balaban J connectivity index is 1.75. The number of benzene rings is 2. The highest BCUT2D eigenvalue weighted by Gasteiger charge is 2.12. The molecule has 122 valence electrons. The molecule has 1 aromatic heterocycles. The number of hydrogen-bond donors (Lipinski definition) is 0. The molecule has 4 nitrogen and oxygen atoms in total. The lowest BCUT2D eigenvalue weighted by Gasteiger charge is -2.18. The summed E-state index contributed by atoms with van der Waals surface area (Å²) in [5.74, 6) is 0.00784. The number of anilines is 1. The molecule has 0 aliphatic rings. The minimum Gasteiger partial charge on any atom is -0.378 e. The fourth-order valence-corrected chi connectivity index (χ4v) is 2.67. The second kappa shape index (κ2) is 6.71. The number of carbonyl (C=O) groups excluding carboxylic acids is 1. The van der Waals surface area contributed by atoms with Gasteiger partial charge in [-0.2, -0.15) is 0 Å². The van der Waals surface area contributed by atoms with Gasteiger partial charge in [0, 0.05) is 50.5 Å². The van der Waals surface area contributed by atoms with E-state index in [4.69, 9.17) is 0 Å². The van der Waals surface area contributed by atoms with Crippen LogP contribution < -0.4 is 4.90 Å². The molecule has 0 aliphatic carbocycles. The molecule has 2 aromatic carbocycles. The number of amides is 1. The van der Waals surface area contributed by atoms with Crippen molar-refractivity contribution in [2.45, 2.75) is 6.54 Å². The number of hydrogen-bond acceptors (Lipinski definition) is 3. The first-order valence-corrected chi connectivity index (χ1v) is 7.91. The summed E-state index contributed by atoms with van der Waals surface area (Å²) in [6.07, 6.45) is 1.83. The maximum atomic E-state index is 12.6. The lowest BCUT2D eigenvalue weighted by atomic mass is 10.1. The molecule has 0 aliphatic heterocycles. The molecule has 0 bridgehead atoms. The molecule has 4 heteroatoms. The van der Waals surface area contributed by atoms with Gasteiger partial charge in [0.05, 0.1) is 5.52 Å². The highest BCUT2D eigenvalue weighted by atomic mass is 16.2. The van der Waals surface area contributed by atoms with Crippen molar-refractivity contribution in [2.24, 2.45) is 0 Å². The molecule has 0 radical (unpaired) electrons. The van der Waals surface area contributed by atoms with E-state index < -0.39 is 0 Å². The summed E-state index contributed by atoms with van der Waals surface area (Å²) < 4.78 is 0. The molecule has 1 amide bonds. The molecule has 24 heavy (non-hydrogen) atoms. The lowest BCUT2D eigenvalue weighted by molar-refractivity contribution is 0.0785. The van der Waals surface area contributed by atoms with E-state index in [-0.39, 0.29) is 5.91 Å². The van der Waals surface area contributed by atoms with Crippen LogP contribution in [0.2, 0.25) is 0 Å². The zero-order valence-electron chi connectivity index (χ0n) is 14.2. The van der Waals surface area contributed by atoms with Crippen LogP contribution in [0.4, 0.5) is 5.69 Å². The molecule has 0 N–H and O–H groups in total. The summed E-state index contributed by atoms with van der Waals surface area (Å²) in [7, 11) is 5.78. The molecule has 0 atom stereocenters. The molecule has 3 rings (SSSR count). The zero-order valence-corrected chi connectivity index (χ0v) is 14.2. The van der Waals surface area contributed by atoms with Crippen LogP contribution in [-0.4, -0.2) is 36.9 Å². The predicted octanol–water partition coefficient (Wildman–Crippen LogP) is 3.57. The van der Waals surface area contributed by atoms with Crippen LogP contribution in [0.1, 0.15) is 15.9 Å². The summed E-state index contributed by atoms with van der Waals surface area (Å²) in [5, 5.41) is 1.09. The normalized spacial score (nSPS) is 10.6. The van der Waals surface area contributed by atoms with E-state index in [2.05, 4.69) is 11.1 Å². The van der Waals surface area contributed by atoms with Gasteiger partial charge in [-0.15, -0.1) is 0 Å². The Morgan fingerprint density at radius 1 is 1.00 bits per heavy atom. The van der Waals surface area contributed by atoms with Crippen LogP contribution in [0.5, 0.6) is 0 Å². The quantitative estimate of drug-likeness (QED) is 0.737. The van der Waals surface area contributed by atoms with Gasteiger partial charge in [-0.1, -0.05) is 18.2 Å². The second-order valence-electron chi connectivity index (χ2n) is 6.14. The van der Waals surface area contributed by atoms with Crippen LogP contribution in [-0.2, 0) is 6.54 Å². The molecule has 0 saturated heterocycles. The highest BCUT2D eigenvalue weighted by Crippen LogP contribution is 2.16. The predicted molar refractivity (Wildman–Crippen MR) is 98.3 cm³/mol.